The van der Waals surface area contributed by atoms with E-state index in [0.29, 0.717) is 24.6 Å². The molecule has 0 spiro atoms. The number of thiophene rings is 1. The predicted molar refractivity (Wildman–Crippen MR) is 97.6 cm³/mol. The molecular formula is C18H18FN3O2S. The zero-order valence-corrected chi connectivity index (χ0v) is 14.8. The van der Waals surface area contributed by atoms with Crippen LogP contribution in [-0.4, -0.2) is 27.6 Å². The number of hydrogen-bond acceptors (Lipinski definition) is 5. The van der Waals surface area contributed by atoms with Crippen LogP contribution in [0, 0.1) is 19.7 Å². The monoisotopic (exact) mass is 359 g/mol. The number of halogens is 1. The minimum absolute atomic E-state index is 0.105. The second kappa shape index (κ2) is 7.14. The summed E-state index contributed by atoms with van der Waals surface area (Å²) in [6.07, 6.45) is 0.614. The number of fused-ring (bicyclic) bond motifs is 1. The number of nitrogens with zero attached hydrogens (tertiary/aromatic N) is 2. The van der Waals surface area contributed by atoms with E-state index in [0.717, 1.165) is 26.2 Å². The number of nitrogens with one attached hydrogen (secondary N) is 1. The Morgan fingerprint density at radius 2 is 1.96 bits per heavy atom. The maximum atomic E-state index is 13.3. The van der Waals surface area contributed by atoms with E-state index in [1.165, 1.54) is 12.1 Å². The van der Waals surface area contributed by atoms with Crippen molar-refractivity contribution in [3.05, 3.63) is 40.8 Å². The van der Waals surface area contributed by atoms with Gasteiger partial charge in [-0.15, -0.1) is 11.3 Å². The highest BCUT2D eigenvalue weighted by Crippen LogP contribution is 2.40. The van der Waals surface area contributed by atoms with Crippen molar-refractivity contribution >= 4 is 33.3 Å². The molecule has 0 bridgehead atoms. The molecule has 3 rings (SSSR count). The van der Waals surface area contributed by atoms with E-state index in [4.69, 9.17) is 5.11 Å². The number of benzene rings is 1. The van der Waals surface area contributed by atoms with Gasteiger partial charge < -0.3 is 10.4 Å². The van der Waals surface area contributed by atoms with Gasteiger partial charge in [0.1, 0.15) is 22.3 Å². The second-order valence-electron chi connectivity index (χ2n) is 5.76. The number of rotatable bonds is 6. The lowest BCUT2D eigenvalue weighted by Gasteiger charge is -2.09. The summed E-state index contributed by atoms with van der Waals surface area (Å²) in [5, 5.41) is 12.9. The van der Waals surface area contributed by atoms with E-state index in [1.54, 1.807) is 23.5 Å². The van der Waals surface area contributed by atoms with Crippen molar-refractivity contribution < 1.29 is 14.3 Å². The maximum Gasteiger partial charge on any atom is 0.303 e. The molecule has 7 heteroatoms. The third-order valence-electron chi connectivity index (χ3n) is 3.83. The van der Waals surface area contributed by atoms with E-state index in [1.807, 2.05) is 13.8 Å². The van der Waals surface area contributed by atoms with Crippen LogP contribution in [0.25, 0.3) is 21.3 Å². The second-order valence-corrected chi connectivity index (χ2v) is 6.97. The molecule has 2 aromatic heterocycles. The summed E-state index contributed by atoms with van der Waals surface area (Å²) in [5.41, 5.74) is 1.90. The predicted octanol–water partition coefficient (Wildman–Crippen LogP) is 4.39. The lowest BCUT2D eigenvalue weighted by Crippen LogP contribution is -2.07. The third kappa shape index (κ3) is 3.76. The number of carboxylic acid groups (broad SMARTS) is 1. The molecule has 130 valence electrons. The number of anilines is 1. The Morgan fingerprint density at radius 1 is 1.24 bits per heavy atom. The molecule has 0 unspecified atom stereocenters. The van der Waals surface area contributed by atoms with Gasteiger partial charge in [-0.05, 0) is 38.0 Å². The van der Waals surface area contributed by atoms with Crippen molar-refractivity contribution in [3.8, 4) is 11.1 Å². The first-order chi connectivity index (χ1) is 12.0. The van der Waals surface area contributed by atoms with Crippen LogP contribution in [0.5, 0.6) is 0 Å². The highest BCUT2D eigenvalue weighted by Gasteiger charge is 2.17. The lowest BCUT2D eigenvalue weighted by atomic mass is 10.0. The van der Waals surface area contributed by atoms with Crippen molar-refractivity contribution in [2.24, 2.45) is 0 Å². The number of hydrogen-bond donors (Lipinski definition) is 2. The van der Waals surface area contributed by atoms with Gasteiger partial charge >= 0.3 is 5.97 Å². The summed E-state index contributed by atoms with van der Waals surface area (Å²) in [5.74, 6) is 0.251. The Balaban J connectivity index is 2.03. The fourth-order valence-corrected chi connectivity index (χ4v) is 3.85. The van der Waals surface area contributed by atoms with Crippen molar-refractivity contribution in [1.82, 2.24) is 9.97 Å². The molecule has 0 aliphatic rings. The van der Waals surface area contributed by atoms with Crippen molar-refractivity contribution in [3.63, 3.8) is 0 Å². The maximum absolute atomic E-state index is 13.3. The Kier molecular flexibility index (Phi) is 4.94. The lowest BCUT2D eigenvalue weighted by molar-refractivity contribution is -0.137. The zero-order valence-electron chi connectivity index (χ0n) is 14.0. The smallest absolute Gasteiger partial charge is 0.303 e. The van der Waals surface area contributed by atoms with Crippen LogP contribution in [-0.2, 0) is 4.79 Å². The van der Waals surface area contributed by atoms with Gasteiger partial charge in [-0.25, -0.2) is 14.4 Å². The number of aromatic nitrogens is 2. The third-order valence-corrected chi connectivity index (χ3v) is 4.83. The summed E-state index contributed by atoms with van der Waals surface area (Å²) in [4.78, 5) is 21.6. The van der Waals surface area contributed by atoms with Crippen LogP contribution in [0.1, 0.15) is 23.5 Å². The summed E-state index contributed by atoms with van der Waals surface area (Å²) in [6.45, 7) is 4.35. The number of aliphatic carboxylic acids is 1. The highest BCUT2D eigenvalue weighted by molar-refractivity contribution is 7.19. The SMILES string of the molecule is Cc1nc(NCCCC(=O)O)c2c(-c3ccc(F)cc3)c(C)sc2n1. The highest BCUT2D eigenvalue weighted by atomic mass is 32.1. The van der Waals surface area contributed by atoms with Gasteiger partial charge in [0.15, 0.2) is 0 Å². The van der Waals surface area contributed by atoms with Crippen LogP contribution in [0.15, 0.2) is 24.3 Å². The first kappa shape index (κ1) is 17.3. The molecule has 0 fully saturated rings. The molecule has 0 aliphatic heterocycles. The molecule has 0 radical (unpaired) electrons. The van der Waals surface area contributed by atoms with Crippen LogP contribution < -0.4 is 5.32 Å². The van der Waals surface area contributed by atoms with Gasteiger partial charge in [0, 0.05) is 23.4 Å². The van der Waals surface area contributed by atoms with Crippen LogP contribution >= 0.6 is 11.3 Å². The van der Waals surface area contributed by atoms with Gasteiger partial charge in [0.25, 0.3) is 0 Å². The summed E-state index contributed by atoms with van der Waals surface area (Å²) < 4.78 is 13.3. The molecule has 1 aromatic carbocycles. The Labute approximate surface area is 148 Å². The zero-order chi connectivity index (χ0) is 18.0. The molecule has 2 heterocycles. The minimum atomic E-state index is -0.816. The number of carbonyl (C=O) groups is 1. The van der Waals surface area contributed by atoms with Crippen molar-refractivity contribution in [2.45, 2.75) is 26.7 Å². The van der Waals surface area contributed by atoms with E-state index in [9.17, 15) is 9.18 Å². The number of carboxylic acids is 1. The molecule has 2 N–H and O–H groups in total. The molecule has 0 saturated carbocycles. The Hall–Kier alpha value is -2.54. The molecule has 5 nitrogen and oxygen atoms in total. The van der Waals surface area contributed by atoms with E-state index < -0.39 is 5.97 Å². The number of aryl methyl sites for hydroxylation is 2. The first-order valence-corrected chi connectivity index (χ1v) is 8.76. The van der Waals surface area contributed by atoms with E-state index >= 15 is 0 Å². The van der Waals surface area contributed by atoms with Crippen molar-refractivity contribution in [1.29, 1.82) is 0 Å². The van der Waals surface area contributed by atoms with Gasteiger partial charge in [0.2, 0.25) is 0 Å². The molecule has 0 amide bonds. The van der Waals surface area contributed by atoms with E-state index in [-0.39, 0.29) is 12.2 Å². The first-order valence-electron chi connectivity index (χ1n) is 7.95. The molecular weight excluding hydrogens is 341 g/mol. The summed E-state index contributed by atoms with van der Waals surface area (Å²) in [6, 6.07) is 6.37. The van der Waals surface area contributed by atoms with Crippen LogP contribution in [0.3, 0.4) is 0 Å². The molecule has 25 heavy (non-hydrogen) atoms. The standard InChI is InChI=1S/C18H18FN3O2S/c1-10-15(12-5-7-13(19)8-6-12)16-17(20-9-3-4-14(23)24)21-11(2)22-18(16)25-10/h5-8H,3-4,9H2,1-2H3,(H,23,24)(H,20,21,22). The van der Waals surface area contributed by atoms with Crippen molar-refractivity contribution in [2.75, 3.05) is 11.9 Å². The fourth-order valence-electron chi connectivity index (χ4n) is 2.76. The summed E-state index contributed by atoms with van der Waals surface area (Å²) in [7, 11) is 0. The van der Waals surface area contributed by atoms with Gasteiger partial charge in [-0.1, -0.05) is 12.1 Å². The molecule has 3 aromatic rings. The average molecular weight is 359 g/mol. The van der Waals surface area contributed by atoms with E-state index in [2.05, 4.69) is 15.3 Å². The topological polar surface area (TPSA) is 75.1 Å². The summed E-state index contributed by atoms with van der Waals surface area (Å²) >= 11 is 1.57. The fraction of sp³-hybridized carbons (Fsp3) is 0.278. The molecule has 0 aliphatic carbocycles. The normalized spacial score (nSPS) is 11.0. The molecule has 0 atom stereocenters. The van der Waals surface area contributed by atoms with Gasteiger partial charge in [-0.3, -0.25) is 4.79 Å². The Morgan fingerprint density at radius 3 is 2.64 bits per heavy atom. The largest absolute Gasteiger partial charge is 0.481 e. The van der Waals surface area contributed by atoms with Gasteiger partial charge in [-0.2, -0.15) is 0 Å². The quantitative estimate of drug-likeness (QED) is 0.639. The Bertz CT molecular complexity index is 922. The van der Waals surface area contributed by atoms with Gasteiger partial charge in [0.05, 0.1) is 5.39 Å². The van der Waals surface area contributed by atoms with Crippen LogP contribution in [0.4, 0.5) is 10.2 Å². The molecule has 0 saturated heterocycles. The van der Waals surface area contributed by atoms with Crippen LogP contribution in [0.2, 0.25) is 0 Å². The minimum Gasteiger partial charge on any atom is -0.481 e. The average Bonchev–Trinajstić information content (AvgIpc) is 2.88.